The van der Waals surface area contributed by atoms with E-state index in [0.717, 1.165) is 0 Å². The van der Waals surface area contributed by atoms with E-state index in [0.29, 0.717) is 0 Å². The molecule has 0 aliphatic heterocycles. The number of primary amides is 1. The second-order valence-corrected chi connectivity index (χ2v) is 10.7. The zero-order valence-corrected chi connectivity index (χ0v) is 13.4. The molecule has 0 aromatic heterocycles. The van der Waals surface area contributed by atoms with Crippen LogP contribution in [-0.4, -0.2) is 32.5 Å². The fourth-order valence-electron chi connectivity index (χ4n) is 1.27. The van der Waals surface area contributed by atoms with Crippen molar-refractivity contribution in [2.24, 2.45) is 11.6 Å². The molecule has 8 heteroatoms. The minimum absolute atomic E-state index is 0.0300. The first-order valence-electron chi connectivity index (χ1n) is 6.06. The van der Waals surface area contributed by atoms with Gasteiger partial charge in [-0.3, -0.25) is 10.2 Å². The van der Waals surface area contributed by atoms with Gasteiger partial charge >= 0.3 is 6.09 Å². The quantitative estimate of drug-likeness (QED) is 0.300. The Kier molecular flexibility index (Phi) is 5.98. The van der Waals surface area contributed by atoms with E-state index < -0.39 is 32.5 Å². The van der Waals surface area contributed by atoms with E-state index in [1.54, 1.807) is 6.92 Å². The fourth-order valence-corrected chi connectivity index (χ4v) is 2.68. The first kappa shape index (κ1) is 17.9. The first-order chi connectivity index (χ1) is 8.42. The lowest BCUT2D eigenvalue weighted by atomic mass is 10.2. The standard InChI is InChI=1S/C11H25N3O4Si/c1-7(18-19(5,6)11(2,3)4)8(9(15)14-13)17-10(12)16/h7-8H,13H2,1-6H3,(H2,12,16)(H,14,15)/t7-,8+/m1/s1. The Morgan fingerprint density at radius 1 is 1.26 bits per heavy atom. The third-order valence-electron chi connectivity index (χ3n) is 3.36. The number of carbonyl (C=O) groups excluding carboxylic acids is 2. The summed E-state index contributed by atoms with van der Waals surface area (Å²) in [4.78, 5) is 22.4. The average molecular weight is 291 g/mol. The van der Waals surface area contributed by atoms with E-state index in [2.05, 4.69) is 20.8 Å². The molecule has 0 aliphatic rings. The summed E-state index contributed by atoms with van der Waals surface area (Å²) in [6.07, 6.45) is -2.83. The second-order valence-electron chi connectivity index (χ2n) is 5.95. The van der Waals surface area contributed by atoms with Gasteiger partial charge in [-0.1, -0.05) is 20.8 Å². The molecule has 0 aromatic carbocycles. The molecular weight excluding hydrogens is 266 g/mol. The van der Waals surface area contributed by atoms with Gasteiger partial charge in [0.25, 0.3) is 5.91 Å². The van der Waals surface area contributed by atoms with E-state index in [-0.39, 0.29) is 5.04 Å². The van der Waals surface area contributed by atoms with Gasteiger partial charge in [0.1, 0.15) is 0 Å². The Balaban J connectivity index is 4.97. The Bertz CT molecular complexity index is 341. The molecule has 2 amide bonds. The molecule has 0 aliphatic carbocycles. The lowest BCUT2D eigenvalue weighted by Crippen LogP contribution is -2.52. The molecule has 7 nitrogen and oxygen atoms in total. The van der Waals surface area contributed by atoms with Crippen LogP contribution in [0.4, 0.5) is 4.79 Å². The smallest absolute Gasteiger partial charge is 0.405 e. The summed E-state index contributed by atoms with van der Waals surface area (Å²) < 4.78 is 10.7. The first-order valence-corrected chi connectivity index (χ1v) is 8.97. The Morgan fingerprint density at radius 3 is 2.05 bits per heavy atom. The molecule has 0 bridgehead atoms. The lowest BCUT2D eigenvalue weighted by Gasteiger charge is -2.39. The zero-order valence-electron chi connectivity index (χ0n) is 12.4. The molecule has 0 radical (unpaired) electrons. The third-order valence-corrected chi connectivity index (χ3v) is 7.93. The minimum Gasteiger partial charge on any atom is -0.433 e. The van der Waals surface area contributed by atoms with Gasteiger partial charge in [-0.15, -0.1) is 0 Å². The maximum Gasteiger partial charge on any atom is 0.405 e. The Labute approximate surface area is 115 Å². The highest BCUT2D eigenvalue weighted by molar-refractivity contribution is 6.74. The van der Waals surface area contributed by atoms with Gasteiger partial charge in [-0.25, -0.2) is 10.6 Å². The number of ether oxygens (including phenoxy) is 1. The van der Waals surface area contributed by atoms with Crippen molar-refractivity contribution >= 4 is 20.3 Å². The summed E-state index contributed by atoms with van der Waals surface area (Å²) >= 11 is 0. The van der Waals surface area contributed by atoms with Crippen molar-refractivity contribution in [1.82, 2.24) is 5.43 Å². The summed E-state index contributed by atoms with van der Waals surface area (Å²) in [5.41, 5.74) is 6.89. The Hall–Kier alpha value is -1.12. The molecular formula is C11H25N3O4Si. The van der Waals surface area contributed by atoms with Crippen molar-refractivity contribution in [3.05, 3.63) is 0 Å². The maximum atomic E-state index is 11.6. The summed E-state index contributed by atoms with van der Waals surface area (Å²) in [5.74, 6) is 4.41. The van der Waals surface area contributed by atoms with Crippen LogP contribution in [0.3, 0.4) is 0 Å². The number of nitrogens with one attached hydrogen (secondary N) is 1. The fraction of sp³-hybridized carbons (Fsp3) is 0.818. The van der Waals surface area contributed by atoms with Crippen LogP contribution in [0, 0.1) is 0 Å². The number of nitrogens with two attached hydrogens (primary N) is 2. The number of rotatable bonds is 5. The third kappa shape index (κ3) is 5.17. The van der Waals surface area contributed by atoms with E-state index in [1.807, 2.05) is 18.5 Å². The van der Waals surface area contributed by atoms with Crippen molar-refractivity contribution in [3.8, 4) is 0 Å². The van der Waals surface area contributed by atoms with Gasteiger partial charge < -0.3 is 14.9 Å². The van der Waals surface area contributed by atoms with Gasteiger partial charge in [0.05, 0.1) is 6.10 Å². The molecule has 0 aromatic rings. The highest BCUT2D eigenvalue weighted by atomic mass is 28.4. The molecule has 2 atom stereocenters. The molecule has 0 unspecified atom stereocenters. The van der Waals surface area contributed by atoms with Crippen LogP contribution in [0.25, 0.3) is 0 Å². The molecule has 0 saturated heterocycles. The van der Waals surface area contributed by atoms with Crippen LogP contribution >= 0.6 is 0 Å². The van der Waals surface area contributed by atoms with Crippen molar-refractivity contribution < 1.29 is 18.8 Å². The van der Waals surface area contributed by atoms with E-state index in [4.69, 9.17) is 20.7 Å². The zero-order chi connectivity index (χ0) is 15.4. The predicted molar refractivity (Wildman–Crippen MR) is 74.5 cm³/mol. The van der Waals surface area contributed by atoms with Gasteiger partial charge in [-0.05, 0) is 25.1 Å². The number of hydrogen-bond acceptors (Lipinski definition) is 5. The number of hydrogen-bond donors (Lipinski definition) is 3. The number of amides is 2. The van der Waals surface area contributed by atoms with Gasteiger partial charge in [0.2, 0.25) is 6.10 Å². The van der Waals surface area contributed by atoms with E-state index in [1.165, 1.54) is 0 Å². The summed E-state index contributed by atoms with van der Waals surface area (Å²) in [7, 11) is -2.09. The van der Waals surface area contributed by atoms with Crippen LogP contribution < -0.4 is 17.0 Å². The molecule has 0 spiro atoms. The van der Waals surface area contributed by atoms with Crippen LogP contribution in [0.1, 0.15) is 27.7 Å². The highest BCUT2D eigenvalue weighted by Crippen LogP contribution is 2.37. The molecule has 0 heterocycles. The van der Waals surface area contributed by atoms with Crippen molar-refractivity contribution in [3.63, 3.8) is 0 Å². The normalized spacial score (nSPS) is 15.5. The Morgan fingerprint density at radius 2 is 1.74 bits per heavy atom. The van der Waals surface area contributed by atoms with E-state index in [9.17, 15) is 9.59 Å². The van der Waals surface area contributed by atoms with Crippen LogP contribution in [0.5, 0.6) is 0 Å². The van der Waals surface area contributed by atoms with Crippen molar-refractivity contribution in [2.75, 3.05) is 0 Å². The van der Waals surface area contributed by atoms with Gasteiger partial charge in [-0.2, -0.15) is 0 Å². The molecule has 0 fully saturated rings. The molecule has 0 saturated carbocycles. The average Bonchev–Trinajstić information content (AvgIpc) is 2.22. The number of carbonyl (C=O) groups is 2. The lowest BCUT2D eigenvalue weighted by molar-refractivity contribution is -0.134. The molecule has 0 rings (SSSR count). The molecule has 19 heavy (non-hydrogen) atoms. The monoisotopic (exact) mass is 291 g/mol. The van der Waals surface area contributed by atoms with Gasteiger partial charge in [0.15, 0.2) is 8.32 Å². The summed E-state index contributed by atoms with van der Waals surface area (Å²) in [5, 5.41) is -0.0300. The predicted octanol–water partition coefficient (Wildman–Crippen LogP) is 0.851. The number of hydrazine groups is 1. The minimum atomic E-state index is -2.09. The molecule has 5 N–H and O–H groups in total. The van der Waals surface area contributed by atoms with Gasteiger partial charge in [0, 0.05) is 0 Å². The van der Waals surface area contributed by atoms with Crippen LogP contribution in [0.15, 0.2) is 0 Å². The van der Waals surface area contributed by atoms with Crippen molar-refractivity contribution in [2.45, 2.75) is 58.0 Å². The maximum absolute atomic E-state index is 11.6. The molecule has 112 valence electrons. The largest absolute Gasteiger partial charge is 0.433 e. The van der Waals surface area contributed by atoms with Crippen LogP contribution in [-0.2, 0) is 14.0 Å². The highest BCUT2D eigenvalue weighted by Gasteiger charge is 2.41. The van der Waals surface area contributed by atoms with Crippen LogP contribution in [0.2, 0.25) is 18.1 Å². The van der Waals surface area contributed by atoms with E-state index >= 15 is 0 Å². The summed E-state index contributed by atoms with van der Waals surface area (Å²) in [6, 6.07) is 0. The summed E-state index contributed by atoms with van der Waals surface area (Å²) in [6.45, 7) is 11.9. The topological polar surface area (TPSA) is 117 Å². The SMILES string of the molecule is C[C@@H](O[Si](C)(C)C(C)(C)C)[C@H](OC(N)=O)C(=O)NN. The van der Waals surface area contributed by atoms with Crippen molar-refractivity contribution in [1.29, 1.82) is 0 Å². The second kappa shape index (κ2) is 6.35.